The van der Waals surface area contributed by atoms with E-state index in [2.05, 4.69) is 41.1 Å². The number of nitrogens with one attached hydrogen (secondary N) is 1. The zero-order chi connectivity index (χ0) is 22.8. The molecule has 32 heavy (non-hydrogen) atoms. The van der Waals surface area contributed by atoms with E-state index in [-0.39, 0.29) is 16.3 Å². The highest BCUT2D eigenvalue weighted by atomic mass is 35.5. The summed E-state index contributed by atoms with van der Waals surface area (Å²) in [6.45, 7) is 8.86. The number of nitro groups is 1. The number of halogens is 1. The van der Waals surface area contributed by atoms with E-state index in [1.165, 1.54) is 34.0 Å². The summed E-state index contributed by atoms with van der Waals surface area (Å²) >= 11 is 7.78. The van der Waals surface area contributed by atoms with Crippen LogP contribution in [0.4, 0.5) is 10.8 Å². The normalized spacial score (nSPS) is 14.7. The van der Waals surface area contributed by atoms with E-state index < -0.39 is 10.8 Å². The predicted octanol–water partition coefficient (Wildman–Crippen LogP) is 4.03. The van der Waals surface area contributed by atoms with Gasteiger partial charge < -0.3 is 10.2 Å². The summed E-state index contributed by atoms with van der Waals surface area (Å²) < 4.78 is 1.22. The molecule has 0 saturated carbocycles. The Morgan fingerprint density at radius 3 is 2.69 bits per heavy atom. The van der Waals surface area contributed by atoms with Gasteiger partial charge in [0, 0.05) is 51.4 Å². The number of fused-ring (bicyclic) bond motifs is 1. The molecule has 10 heteroatoms. The lowest BCUT2D eigenvalue weighted by molar-refractivity contribution is -0.384. The lowest BCUT2D eigenvalue weighted by atomic mass is 10.1. The van der Waals surface area contributed by atoms with Gasteiger partial charge in [-0.2, -0.15) is 0 Å². The molecule has 1 amide bonds. The van der Waals surface area contributed by atoms with Crippen molar-refractivity contribution < 1.29 is 9.72 Å². The Labute approximate surface area is 194 Å². The topological polar surface area (TPSA) is 91.6 Å². The molecule has 0 atom stereocenters. The second-order valence-corrected chi connectivity index (χ2v) is 9.35. The fourth-order valence-electron chi connectivity index (χ4n) is 3.88. The number of aryl methyl sites for hydroxylation is 2. The molecule has 1 fully saturated rings. The van der Waals surface area contributed by atoms with Gasteiger partial charge in [0.1, 0.15) is 0 Å². The molecule has 2 heterocycles. The largest absolute Gasteiger partial charge is 0.351 e. The molecule has 2 aromatic carbocycles. The number of amides is 1. The first-order valence-electron chi connectivity index (χ1n) is 10.4. The third kappa shape index (κ3) is 4.85. The van der Waals surface area contributed by atoms with E-state index in [0.717, 1.165) is 36.8 Å². The van der Waals surface area contributed by atoms with E-state index in [0.29, 0.717) is 13.1 Å². The van der Waals surface area contributed by atoms with Crippen LogP contribution in [0.5, 0.6) is 0 Å². The molecule has 4 rings (SSSR count). The van der Waals surface area contributed by atoms with Crippen LogP contribution < -0.4 is 10.2 Å². The number of carbonyl (C=O) groups is 1. The number of anilines is 1. The van der Waals surface area contributed by atoms with Crippen LogP contribution in [-0.2, 0) is 0 Å². The van der Waals surface area contributed by atoms with E-state index in [1.54, 1.807) is 11.3 Å². The van der Waals surface area contributed by atoms with E-state index in [4.69, 9.17) is 16.6 Å². The number of non-ortho nitro benzene ring substituents is 1. The van der Waals surface area contributed by atoms with E-state index in [9.17, 15) is 14.9 Å². The number of benzene rings is 2. The van der Waals surface area contributed by atoms with Crippen LogP contribution in [-0.4, -0.2) is 60.0 Å². The highest BCUT2D eigenvalue weighted by molar-refractivity contribution is 7.22. The van der Waals surface area contributed by atoms with Crippen molar-refractivity contribution in [1.29, 1.82) is 0 Å². The van der Waals surface area contributed by atoms with Crippen molar-refractivity contribution in [2.24, 2.45) is 0 Å². The average Bonchev–Trinajstić information content (AvgIpc) is 3.18. The first-order valence-corrected chi connectivity index (χ1v) is 11.6. The molecule has 0 radical (unpaired) electrons. The lowest BCUT2D eigenvalue weighted by Gasteiger charge is -2.34. The van der Waals surface area contributed by atoms with E-state index >= 15 is 0 Å². The number of rotatable bonds is 6. The molecule has 1 saturated heterocycles. The number of aromatic nitrogens is 1. The van der Waals surface area contributed by atoms with Gasteiger partial charge in [-0.15, -0.1) is 0 Å². The quantitative estimate of drug-likeness (QED) is 0.429. The summed E-state index contributed by atoms with van der Waals surface area (Å²) in [5, 5.41) is 15.0. The first kappa shape index (κ1) is 22.4. The molecule has 0 spiro atoms. The van der Waals surface area contributed by atoms with Crippen LogP contribution >= 0.6 is 22.9 Å². The maximum atomic E-state index is 12.4. The summed E-state index contributed by atoms with van der Waals surface area (Å²) in [5.41, 5.74) is 3.51. The van der Waals surface area contributed by atoms with Crippen molar-refractivity contribution in [3.63, 3.8) is 0 Å². The van der Waals surface area contributed by atoms with Crippen LogP contribution in [0.15, 0.2) is 30.3 Å². The highest BCUT2D eigenvalue weighted by Crippen LogP contribution is 2.32. The van der Waals surface area contributed by atoms with Gasteiger partial charge in [-0.3, -0.25) is 19.8 Å². The standard InChI is InChI=1S/C22H24ClN5O3S/c1-14-11-15(2)20-19(12-14)32-22(25-20)27-9-7-26(8-10-27)6-5-24-21(29)17-13-16(28(30)31)3-4-18(17)23/h3-4,11-13H,5-10H2,1-2H3,(H,24,29). The molecule has 1 aromatic heterocycles. The fraction of sp³-hybridized carbons (Fsp3) is 0.364. The number of carbonyl (C=O) groups excluding carboxylic acids is 1. The van der Waals surface area contributed by atoms with Gasteiger partial charge in [0.25, 0.3) is 11.6 Å². The number of hydrogen-bond donors (Lipinski definition) is 1. The number of nitro benzene ring substituents is 1. The molecule has 3 aromatic rings. The second kappa shape index (κ2) is 9.40. The van der Waals surface area contributed by atoms with Crippen molar-refractivity contribution in [1.82, 2.24) is 15.2 Å². The van der Waals surface area contributed by atoms with Crippen molar-refractivity contribution in [2.75, 3.05) is 44.2 Å². The Kier molecular flexibility index (Phi) is 6.59. The SMILES string of the molecule is Cc1cc(C)c2nc(N3CCN(CCNC(=O)c4cc([N+](=O)[O-])ccc4Cl)CC3)sc2c1. The third-order valence-electron chi connectivity index (χ3n) is 5.58. The van der Waals surface area contributed by atoms with Crippen LogP contribution in [0.3, 0.4) is 0 Å². The van der Waals surface area contributed by atoms with Crippen LogP contribution in [0.1, 0.15) is 21.5 Å². The van der Waals surface area contributed by atoms with Gasteiger partial charge in [-0.1, -0.05) is 29.0 Å². The fourth-order valence-corrected chi connectivity index (χ4v) is 5.28. The Bertz CT molecular complexity index is 1170. The summed E-state index contributed by atoms with van der Waals surface area (Å²) in [6, 6.07) is 8.22. The summed E-state index contributed by atoms with van der Waals surface area (Å²) in [5.74, 6) is -0.405. The number of hydrogen-bond acceptors (Lipinski definition) is 7. The maximum absolute atomic E-state index is 12.4. The van der Waals surface area contributed by atoms with Crippen molar-refractivity contribution in [3.8, 4) is 0 Å². The second-order valence-electron chi connectivity index (χ2n) is 7.93. The smallest absolute Gasteiger partial charge is 0.270 e. The van der Waals surface area contributed by atoms with Crippen molar-refractivity contribution >= 4 is 49.9 Å². The Morgan fingerprint density at radius 1 is 1.22 bits per heavy atom. The zero-order valence-electron chi connectivity index (χ0n) is 17.9. The summed E-state index contributed by atoms with van der Waals surface area (Å²) in [6.07, 6.45) is 0. The molecule has 8 nitrogen and oxygen atoms in total. The van der Waals surface area contributed by atoms with Gasteiger partial charge in [0.05, 0.1) is 25.7 Å². The Hall–Kier alpha value is -2.75. The molecule has 0 unspecified atom stereocenters. The van der Waals surface area contributed by atoms with Crippen LogP contribution in [0.25, 0.3) is 10.2 Å². The van der Waals surface area contributed by atoms with Gasteiger partial charge in [-0.25, -0.2) is 4.98 Å². The Morgan fingerprint density at radius 2 is 1.97 bits per heavy atom. The molecule has 168 valence electrons. The number of thiazole rings is 1. The molecular weight excluding hydrogens is 450 g/mol. The summed E-state index contributed by atoms with van der Waals surface area (Å²) in [7, 11) is 0. The number of nitrogens with zero attached hydrogens (tertiary/aromatic N) is 4. The average molecular weight is 474 g/mol. The van der Waals surface area contributed by atoms with Gasteiger partial charge in [0.2, 0.25) is 0 Å². The molecule has 1 N–H and O–H groups in total. The first-order chi connectivity index (χ1) is 15.3. The Balaban J connectivity index is 1.29. The lowest BCUT2D eigenvalue weighted by Crippen LogP contribution is -2.48. The van der Waals surface area contributed by atoms with Crippen molar-refractivity contribution in [3.05, 3.63) is 62.2 Å². The maximum Gasteiger partial charge on any atom is 0.270 e. The third-order valence-corrected chi connectivity index (χ3v) is 6.97. The monoisotopic (exact) mass is 473 g/mol. The highest BCUT2D eigenvalue weighted by Gasteiger charge is 2.21. The summed E-state index contributed by atoms with van der Waals surface area (Å²) in [4.78, 5) is 32.3. The van der Waals surface area contributed by atoms with Gasteiger partial charge in [-0.05, 0) is 37.1 Å². The molecule has 0 aliphatic carbocycles. The minimum absolute atomic E-state index is 0.118. The van der Waals surface area contributed by atoms with Crippen molar-refractivity contribution in [2.45, 2.75) is 13.8 Å². The minimum Gasteiger partial charge on any atom is -0.351 e. The zero-order valence-corrected chi connectivity index (χ0v) is 19.5. The number of piperazine rings is 1. The van der Waals surface area contributed by atoms with Gasteiger partial charge in [0.15, 0.2) is 5.13 Å². The molecular formula is C22H24ClN5O3S. The van der Waals surface area contributed by atoms with Crippen LogP contribution in [0.2, 0.25) is 5.02 Å². The van der Waals surface area contributed by atoms with Gasteiger partial charge >= 0.3 is 0 Å². The molecule has 1 aliphatic rings. The minimum atomic E-state index is -0.541. The predicted molar refractivity (Wildman–Crippen MR) is 128 cm³/mol. The van der Waals surface area contributed by atoms with E-state index in [1.807, 2.05) is 0 Å². The molecule has 1 aliphatic heterocycles. The molecule has 0 bridgehead atoms. The van der Waals surface area contributed by atoms with Crippen LogP contribution in [0, 0.1) is 24.0 Å².